The van der Waals surface area contributed by atoms with E-state index < -0.39 is 0 Å². The molecule has 7 heteroatoms. The van der Waals surface area contributed by atoms with Crippen molar-refractivity contribution in [1.82, 2.24) is 29.9 Å². The average molecular weight is 338 g/mol. The Bertz CT molecular complexity index is 940. The number of aromatic amines is 1. The molecule has 4 rings (SSSR count). The number of hydrogen-bond donors (Lipinski definition) is 1. The minimum absolute atomic E-state index is 0.0496. The van der Waals surface area contributed by atoms with Crippen molar-refractivity contribution in [3.63, 3.8) is 0 Å². The van der Waals surface area contributed by atoms with Crippen molar-refractivity contribution in [2.24, 2.45) is 0 Å². The van der Waals surface area contributed by atoms with Gasteiger partial charge in [0.15, 0.2) is 5.65 Å². The molecule has 1 atom stereocenters. The molecule has 0 unspecified atom stereocenters. The SMILES string of the molecule is Cc1cnn([C@@H]2CCCN(C(=O)c3cc(C)nc4n[nH]c(C)c34)C2)c1. The molecule has 130 valence electrons. The van der Waals surface area contributed by atoms with Crippen LogP contribution in [-0.2, 0) is 0 Å². The molecule has 0 aromatic carbocycles. The van der Waals surface area contributed by atoms with Crippen LogP contribution in [0.1, 0.15) is 46.2 Å². The highest BCUT2D eigenvalue weighted by molar-refractivity contribution is 6.06. The number of amides is 1. The summed E-state index contributed by atoms with van der Waals surface area (Å²) < 4.78 is 1.99. The van der Waals surface area contributed by atoms with E-state index in [1.807, 2.05) is 48.8 Å². The first-order valence-electron chi connectivity index (χ1n) is 8.65. The van der Waals surface area contributed by atoms with Crippen molar-refractivity contribution in [2.45, 2.75) is 39.7 Å². The van der Waals surface area contributed by atoms with E-state index in [2.05, 4.69) is 20.3 Å². The smallest absolute Gasteiger partial charge is 0.254 e. The van der Waals surface area contributed by atoms with Crippen LogP contribution in [-0.4, -0.2) is 48.9 Å². The van der Waals surface area contributed by atoms with Gasteiger partial charge in [0.2, 0.25) is 0 Å². The topological polar surface area (TPSA) is 79.7 Å². The van der Waals surface area contributed by atoms with E-state index in [1.165, 1.54) is 0 Å². The molecule has 7 nitrogen and oxygen atoms in total. The fraction of sp³-hybridized carbons (Fsp3) is 0.444. The first-order chi connectivity index (χ1) is 12.0. The molecule has 1 aliphatic rings. The molecule has 0 spiro atoms. The van der Waals surface area contributed by atoms with E-state index >= 15 is 0 Å². The number of fused-ring (bicyclic) bond motifs is 1. The molecule has 25 heavy (non-hydrogen) atoms. The minimum Gasteiger partial charge on any atom is -0.336 e. The lowest BCUT2D eigenvalue weighted by atomic mass is 10.0. The van der Waals surface area contributed by atoms with Gasteiger partial charge in [0.1, 0.15) is 0 Å². The molecular formula is C18H22N6O. The molecule has 0 saturated carbocycles. The number of aromatic nitrogens is 5. The molecular weight excluding hydrogens is 316 g/mol. The summed E-state index contributed by atoms with van der Waals surface area (Å²) in [5.74, 6) is 0.0496. The Kier molecular flexibility index (Phi) is 3.78. The standard InChI is InChI=1S/C18H22N6O/c1-11-8-19-24(9-11)14-5-4-6-23(10-14)18(25)15-7-12(2)20-17-16(15)13(3)21-22-17/h7-9,14H,4-6,10H2,1-3H3,(H,20,21,22)/t14-/m1/s1. The third-order valence-corrected chi connectivity index (χ3v) is 4.85. The fourth-order valence-corrected chi connectivity index (χ4v) is 3.63. The third-order valence-electron chi connectivity index (χ3n) is 4.85. The largest absolute Gasteiger partial charge is 0.336 e. The zero-order valence-corrected chi connectivity index (χ0v) is 14.8. The number of hydrogen-bond acceptors (Lipinski definition) is 4. The summed E-state index contributed by atoms with van der Waals surface area (Å²) in [6, 6.07) is 2.10. The van der Waals surface area contributed by atoms with Crippen molar-refractivity contribution in [1.29, 1.82) is 0 Å². The van der Waals surface area contributed by atoms with E-state index in [4.69, 9.17) is 0 Å². The number of nitrogens with one attached hydrogen (secondary N) is 1. The Hall–Kier alpha value is -2.70. The molecule has 0 bridgehead atoms. The predicted molar refractivity (Wildman–Crippen MR) is 94.5 cm³/mol. The van der Waals surface area contributed by atoms with Crippen LogP contribution in [0, 0.1) is 20.8 Å². The summed E-state index contributed by atoms with van der Waals surface area (Å²) in [6.07, 6.45) is 5.94. The Labute approximate surface area is 146 Å². The first kappa shape index (κ1) is 15.8. The summed E-state index contributed by atoms with van der Waals surface area (Å²) in [5.41, 5.74) is 4.12. The molecule has 0 radical (unpaired) electrons. The third kappa shape index (κ3) is 2.79. The molecule has 3 aromatic heterocycles. The second-order valence-corrected chi connectivity index (χ2v) is 6.90. The molecule has 4 heterocycles. The van der Waals surface area contributed by atoms with E-state index in [9.17, 15) is 4.79 Å². The van der Waals surface area contributed by atoms with Crippen LogP contribution in [0.5, 0.6) is 0 Å². The molecule has 1 aliphatic heterocycles. The summed E-state index contributed by atoms with van der Waals surface area (Å²) in [6.45, 7) is 7.31. The van der Waals surface area contributed by atoms with Gasteiger partial charge >= 0.3 is 0 Å². The number of likely N-dealkylation sites (tertiary alicyclic amines) is 1. The van der Waals surface area contributed by atoms with Gasteiger partial charge < -0.3 is 4.90 Å². The van der Waals surface area contributed by atoms with Crippen LogP contribution >= 0.6 is 0 Å². The lowest BCUT2D eigenvalue weighted by molar-refractivity contribution is 0.0674. The van der Waals surface area contributed by atoms with Crippen molar-refractivity contribution >= 4 is 16.9 Å². The number of carbonyl (C=O) groups is 1. The van der Waals surface area contributed by atoms with Gasteiger partial charge in [0, 0.05) is 30.7 Å². The Morgan fingerprint density at radius 2 is 2.16 bits per heavy atom. The molecule has 1 amide bonds. The summed E-state index contributed by atoms with van der Waals surface area (Å²) in [5, 5.41) is 12.4. The number of rotatable bonds is 2. The van der Waals surface area contributed by atoms with Crippen LogP contribution < -0.4 is 0 Å². The Balaban J connectivity index is 1.65. The summed E-state index contributed by atoms with van der Waals surface area (Å²) >= 11 is 0. The van der Waals surface area contributed by atoms with Crippen LogP contribution in [0.25, 0.3) is 11.0 Å². The molecule has 1 N–H and O–H groups in total. The van der Waals surface area contributed by atoms with Gasteiger partial charge in [-0.05, 0) is 45.2 Å². The highest BCUT2D eigenvalue weighted by Crippen LogP contribution is 2.26. The van der Waals surface area contributed by atoms with Gasteiger partial charge in [-0.2, -0.15) is 10.2 Å². The van der Waals surface area contributed by atoms with Crippen LogP contribution in [0.15, 0.2) is 18.5 Å². The number of H-pyrrole nitrogens is 1. The van der Waals surface area contributed by atoms with E-state index in [1.54, 1.807) is 0 Å². The summed E-state index contributed by atoms with van der Waals surface area (Å²) in [7, 11) is 0. The number of piperidine rings is 1. The highest BCUT2D eigenvalue weighted by Gasteiger charge is 2.28. The average Bonchev–Trinajstić information content (AvgIpc) is 3.20. The number of aryl methyl sites for hydroxylation is 3. The van der Waals surface area contributed by atoms with Gasteiger partial charge in [-0.25, -0.2) is 4.98 Å². The van der Waals surface area contributed by atoms with Gasteiger partial charge in [0.25, 0.3) is 5.91 Å². The van der Waals surface area contributed by atoms with Gasteiger partial charge in [-0.15, -0.1) is 0 Å². The minimum atomic E-state index is 0.0496. The van der Waals surface area contributed by atoms with Crippen molar-refractivity contribution in [3.8, 4) is 0 Å². The lowest BCUT2D eigenvalue weighted by Gasteiger charge is -2.33. The number of nitrogens with zero attached hydrogens (tertiary/aromatic N) is 5. The summed E-state index contributed by atoms with van der Waals surface area (Å²) in [4.78, 5) is 19.6. The maximum absolute atomic E-state index is 13.2. The second kappa shape index (κ2) is 5.98. The Morgan fingerprint density at radius 3 is 2.92 bits per heavy atom. The van der Waals surface area contributed by atoms with E-state index in [0.29, 0.717) is 17.8 Å². The van der Waals surface area contributed by atoms with E-state index in [-0.39, 0.29) is 11.9 Å². The monoisotopic (exact) mass is 338 g/mol. The normalized spacial score (nSPS) is 18.0. The van der Waals surface area contributed by atoms with Crippen LogP contribution in [0.3, 0.4) is 0 Å². The first-order valence-corrected chi connectivity index (χ1v) is 8.65. The molecule has 3 aromatic rings. The van der Waals surface area contributed by atoms with Crippen molar-refractivity contribution in [3.05, 3.63) is 41.0 Å². The zero-order valence-electron chi connectivity index (χ0n) is 14.8. The second-order valence-electron chi connectivity index (χ2n) is 6.90. The van der Waals surface area contributed by atoms with Gasteiger partial charge in [-0.1, -0.05) is 0 Å². The maximum atomic E-state index is 13.2. The van der Waals surface area contributed by atoms with Crippen LogP contribution in [0.2, 0.25) is 0 Å². The molecule has 1 fully saturated rings. The lowest BCUT2D eigenvalue weighted by Crippen LogP contribution is -2.41. The fourth-order valence-electron chi connectivity index (χ4n) is 3.63. The maximum Gasteiger partial charge on any atom is 0.254 e. The van der Waals surface area contributed by atoms with Gasteiger partial charge in [0.05, 0.1) is 23.2 Å². The molecule has 1 saturated heterocycles. The van der Waals surface area contributed by atoms with Crippen molar-refractivity contribution in [2.75, 3.05) is 13.1 Å². The number of carbonyl (C=O) groups excluding carboxylic acids is 1. The number of pyridine rings is 1. The predicted octanol–water partition coefficient (Wildman–Crippen LogP) is 2.56. The van der Waals surface area contributed by atoms with E-state index in [0.717, 1.165) is 41.7 Å². The molecule has 0 aliphatic carbocycles. The zero-order chi connectivity index (χ0) is 17.6. The Morgan fingerprint density at radius 1 is 1.32 bits per heavy atom. The van der Waals surface area contributed by atoms with Crippen molar-refractivity contribution < 1.29 is 4.79 Å². The highest BCUT2D eigenvalue weighted by atomic mass is 16.2. The van der Waals surface area contributed by atoms with Gasteiger partial charge in [-0.3, -0.25) is 14.6 Å². The quantitative estimate of drug-likeness (QED) is 0.779. The van der Waals surface area contributed by atoms with Crippen LogP contribution in [0.4, 0.5) is 0 Å².